The maximum absolute atomic E-state index is 11.5. The molecule has 0 saturated heterocycles. The van der Waals surface area contributed by atoms with Gasteiger partial charge < -0.3 is 25.4 Å². The Balaban J connectivity index is 1.40. The first-order valence-electron chi connectivity index (χ1n) is 11.3. The Morgan fingerprint density at radius 2 is 1.66 bits per heavy atom. The fourth-order valence-electron chi connectivity index (χ4n) is 3.66. The van der Waals surface area contributed by atoms with E-state index >= 15 is 0 Å². The minimum absolute atomic E-state index is 0.0107. The van der Waals surface area contributed by atoms with Crippen LogP contribution in [0, 0.1) is 0 Å². The van der Waals surface area contributed by atoms with Gasteiger partial charge in [0.1, 0.15) is 5.75 Å². The number of aliphatic hydroxyl groups excluding tert-OH is 2. The van der Waals surface area contributed by atoms with E-state index in [9.17, 15) is 23.7 Å². The van der Waals surface area contributed by atoms with Crippen molar-refractivity contribution in [2.75, 3.05) is 19.7 Å². The molecule has 0 amide bonds. The van der Waals surface area contributed by atoms with Crippen molar-refractivity contribution >= 4 is 10.0 Å². The Labute approximate surface area is 206 Å². The molecule has 0 radical (unpaired) electrons. The smallest absolute Gasteiger partial charge is 0.238 e. The number of nitrogens with two attached hydrogens (primary N) is 1. The monoisotopic (exact) mass is 500 g/mol. The van der Waals surface area contributed by atoms with Crippen molar-refractivity contribution in [3.8, 4) is 5.75 Å². The third-order valence-electron chi connectivity index (χ3n) is 5.61. The minimum Gasteiger partial charge on any atom is -0.508 e. The summed E-state index contributed by atoms with van der Waals surface area (Å²) in [7, 11) is -3.72. The molecule has 1 atom stereocenters. The van der Waals surface area contributed by atoms with Gasteiger partial charge in [-0.15, -0.1) is 0 Å². The van der Waals surface area contributed by atoms with Crippen LogP contribution in [0.1, 0.15) is 33.9 Å². The number of ether oxygens (including phenoxy) is 1. The van der Waals surface area contributed by atoms with Crippen LogP contribution in [0.4, 0.5) is 0 Å². The number of phenols is 1. The van der Waals surface area contributed by atoms with E-state index in [2.05, 4.69) is 11.4 Å². The van der Waals surface area contributed by atoms with Crippen LogP contribution >= 0.6 is 0 Å². The van der Waals surface area contributed by atoms with Gasteiger partial charge in [-0.25, -0.2) is 13.6 Å². The average Bonchev–Trinajstić information content (AvgIpc) is 2.84. The van der Waals surface area contributed by atoms with Crippen molar-refractivity contribution < 1.29 is 28.5 Å². The van der Waals surface area contributed by atoms with Crippen LogP contribution in [0.5, 0.6) is 5.75 Å². The van der Waals surface area contributed by atoms with Crippen molar-refractivity contribution in [2.45, 2.75) is 37.1 Å². The highest BCUT2D eigenvalue weighted by Gasteiger charge is 2.10. The standard InChI is InChI=1S/C26H32N2O6S/c27-35(32,33)24-6-2-4-20(14-24)10-12-34-18-21-5-1-3-19(13-21)9-11-28-16-26(31)22-7-8-25(30)23(15-22)17-29/h1-8,13-15,26,28-31H,9-12,16-18H2,(H2,27,32,33)/t26-/m1/s1. The van der Waals surface area contributed by atoms with Gasteiger partial charge in [0.05, 0.1) is 30.8 Å². The van der Waals surface area contributed by atoms with Gasteiger partial charge in [-0.1, -0.05) is 42.5 Å². The summed E-state index contributed by atoms with van der Waals surface area (Å²) in [4.78, 5) is 0.0989. The fourth-order valence-corrected chi connectivity index (χ4v) is 4.25. The zero-order valence-electron chi connectivity index (χ0n) is 19.4. The molecule has 3 rings (SSSR count). The van der Waals surface area contributed by atoms with Crippen molar-refractivity contribution in [2.24, 2.45) is 5.14 Å². The maximum Gasteiger partial charge on any atom is 0.238 e. The number of rotatable bonds is 13. The van der Waals surface area contributed by atoms with Gasteiger partial charge in [0.2, 0.25) is 10.0 Å². The lowest BCUT2D eigenvalue weighted by Gasteiger charge is -2.14. The summed E-state index contributed by atoms with van der Waals surface area (Å²) in [5.74, 6) is 0.0107. The first kappa shape index (κ1) is 26.8. The Hall–Kier alpha value is -2.79. The molecule has 0 fully saturated rings. The van der Waals surface area contributed by atoms with Crippen molar-refractivity contribution in [1.82, 2.24) is 5.32 Å². The second kappa shape index (κ2) is 12.8. The summed E-state index contributed by atoms with van der Waals surface area (Å²) < 4.78 is 28.7. The van der Waals surface area contributed by atoms with Crippen LogP contribution < -0.4 is 10.5 Å². The predicted molar refractivity (Wildman–Crippen MR) is 133 cm³/mol. The molecule has 3 aromatic carbocycles. The molecule has 3 aromatic rings. The van der Waals surface area contributed by atoms with Crippen LogP contribution in [0.25, 0.3) is 0 Å². The Morgan fingerprint density at radius 1 is 0.943 bits per heavy atom. The van der Waals surface area contributed by atoms with Gasteiger partial charge in [-0.2, -0.15) is 0 Å². The highest BCUT2D eigenvalue weighted by atomic mass is 32.2. The summed E-state index contributed by atoms with van der Waals surface area (Å²) in [6.45, 7) is 1.64. The molecule has 0 heterocycles. The first-order valence-corrected chi connectivity index (χ1v) is 12.9. The van der Waals surface area contributed by atoms with Gasteiger partial charge in [0.15, 0.2) is 0 Å². The first-order chi connectivity index (χ1) is 16.8. The highest BCUT2D eigenvalue weighted by Crippen LogP contribution is 2.22. The zero-order chi connectivity index (χ0) is 25.3. The molecule has 0 bridgehead atoms. The Bertz CT molecular complexity index is 1220. The fraction of sp³-hybridized carbons (Fsp3) is 0.308. The van der Waals surface area contributed by atoms with Crippen molar-refractivity contribution in [1.29, 1.82) is 0 Å². The molecule has 0 aliphatic carbocycles. The number of sulfonamides is 1. The molecular formula is C26H32N2O6S. The van der Waals surface area contributed by atoms with Crippen LogP contribution in [-0.4, -0.2) is 43.4 Å². The average molecular weight is 501 g/mol. The topological polar surface area (TPSA) is 142 Å². The van der Waals surface area contributed by atoms with Gasteiger partial charge in [0, 0.05) is 12.1 Å². The number of benzene rings is 3. The summed E-state index contributed by atoms with van der Waals surface area (Å²) in [6, 6.07) is 19.3. The molecule has 0 unspecified atom stereocenters. The molecule has 9 heteroatoms. The molecule has 188 valence electrons. The van der Waals surface area contributed by atoms with Crippen molar-refractivity contribution in [3.63, 3.8) is 0 Å². The van der Waals surface area contributed by atoms with Gasteiger partial charge in [0.25, 0.3) is 0 Å². The summed E-state index contributed by atoms with van der Waals surface area (Å²) in [5, 5.41) is 37.7. The molecular weight excluding hydrogens is 468 g/mol. The van der Waals surface area contributed by atoms with Gasteiger partial charge >= 0.3 is 0 Å². The molecule has 35 heavy (non-hydrogen) atoms. The number of hydrogen-bond donors (Lipinski definition) is 5. The molecule has 0 aliphatic heterocycles. The second-order valence-corrected chi connectivity index (χ2v) is 9.89. The maximum atomic E-state index is 11.5. The van der Waals surface area contributed by atoms with E-state index in [0.29, 0.717) is 43.9 Å². The third kappa shape index (κ3) is 8.43. The summed E-state index contributed by atoms with van der Waals surface area (Å²) >= 11 is 0. The van der Waals surface area contributed by atoms with Crippen LogP contribution in [0.15, 0.2) is 71.6 Å². The lowest BCUT2D eigenvalue weighted by atomic mass is 10.0. The number of aliphatic hydroxyl groups is 2. The Morgan fingerprint density at radius 3 is 2.40 bits per heavy atom. The molecule has 6 N–H and O–H groups in total. The van der Waals surface area contributed by atoms with Gasteiger partial charge in [-0.3, -0.25) is 0 Å². The molecule has 8 nitrogen and oxygen atoms in total. The van der Waals surface area contributed by atoms with E-state index < -0.39 is 16.1 Å². The molecule has 0 aliphatic rings. The van der Waals surface area contributed by atoms with E-state index in [4.69, 9.17) is 9.88 Å². The normalized spacial score (nSPS) is 12.5. The molecule has 0 aromatic heterocycles. The molecule has 0 saturated carbocycles. The highest BCUT2D eigenvalue weighted by molar-refractivity contribution is 7.89. The van der Waals surface area contributed by atoms with E-state index in [1.165, 1.54) is 12.1 Å². The van der Waals surface area contributed by atoms with E-state index in [1.807, 2.05) is 24.3 Å². The summed E-state index contributed by atoms with van der Waals surface area (Å²) in [6.07, 6.45) is 0.611. The zero-order valence-corrected chi connectivity index (χ0v) is 20.2. The Kier molecular flexibility index (Phi) is 9.79. The second-order valence-electron chi connectivity index (χ2n) is 8.33. The van der Waals surface area contributed by atoms with Crippen molar-refractivity contribution in [3.05, 3.63) is 94.5 Å². The van der Waals surface area contributed by atoms with Crippen LogP contribution in [-0.2, 0) is 40.8 Å². The number of nitrogens with one attached hydrogen (secondary N) is 1. The van der Waals surface area contributed by atoms with Crippen LogP contribution in [0.2, 0.25) is 0 Å². The molecule has 0 spiro atoms. The number of primary sulfonamides is 1. The van der Waals surface area contributed by atoms with E-state index in [-0.39, 0.29) is 17.3 Å². The predicted octanol–water partition coefficient (Wildman–Crippen LogP) is 2.16. The van der Waals surface area contributed by atoms with Gasteiger partial charge in [-0.05, 0) is 65.9 Å². The lowest BCUT2D eigenvalue weighted by molar-refractivity contribution is 0.124. The van der Waals surface area contributed by atoms with E-state index in [1.54, 1.807) is 24.3 Å². The lowest BCUT2D eigenvalue weighted by Crippen LogP contribution is -2.23. The number of aromatic hydroxyl groups is 1. The van der Waals surface area contributed by atoms with Crippen LogP contribution in [0.3, 0.4) is 0 Å². The largest absolute Gasteiger partial charge is 0.508 e. The third-order valence-corrected chi connectivity index (χ3v) is 6.52. The van der Waals surface area contributed by atoms with E-state index in [0.717, 1.165) is 23.1 Å². The quantitative estimate of drug-likeness (QED) is 0.226. The SMILES string of the molecule is NS(=O)(=O)c1cccc(CCOCc2cccc(CCNC[C@@H](O)c3ccc(O)c(CO)c3)c2)c1. The minimum atomic E-state index is -3.72. The number of hydrogen-bond acceptors (Lipinski definition) is 7. The summed E-state index contributed by atoms with van der Waals surface area (Å²) in [5.41, 5.74) is 4.05.